The number of aromatic hydroxyl groups is 1. The van der Waals surface area contributed by atoms with Gasteiger partial charge in [-0.05, 0) is 37.6 Å². The van der Waals surface area contributed by atoms with Gasteiger partial charge in [0.25, 0.3) is 5.91 Å². The third kappa shape index (κ3) is 3.66. The molecule has 5 nitrogen and oxygen atoms in total. The van der Waals surface area contributed by atoms with Crippen LogP contribution in [-0.4, -0.2) is 21.7 Å². The number of hydrogen-bond acceptors (Lipinski definition) is 4. The average Bonchev–Trinajstić information content (AvgIpc) is 2.51. The summed E-state index contributed by atoms with van der Waals surface area (Å²) in [6, 6.07) is 8.51. The van der Waals surface area contributed by atoms with Crippen molar-refractivity contribution in [2.75, 3.05) is 0 Å². The predicted molar refractivity (Wildman–Crippen MR) is 81.4 cm³/mol. The average molecular weight is 283 g/mol. The second-order valence-corrected chi connectivity index (χ2v) is 4.61. The van der Waals surface area contributed by atoms with Crippen LogP contribution in [-0.2, 0) is 0 Å². The number of carbonyl (C=O) groups is 1. The third-order valence-electron chi connectivity index (χ3n) is 3.03. The highest BCUT2D eigenvalue weighted by Crippen LogP contribution is 2.20. The summed E-state index contributed by atoms with van der Waals surface area (Å²) in [5, 5.41) is 14.0. The van der Waals surface area contributed by atoms with E-state index in [1.54, 1.807) is 30.6 Å². The first-order valence-electron chi connectivity index (χ1n) is 6.68. The number of phenols is 1. The second-order valence-electron chi connectivity index (χ2n) is 4.61. The lowest BCUT2D eigenvalue weighted by molar-refractivity contribution is 0.0954. The van der Waals surface area contributed by atoms with Gasteiger partial charge in [-0.25, -0.2) is 5.43 Å². The summed E-state index contributed by atoms with van der Waals surface area (Å²) >= 11 is 0. The van der Waals surface area contributed by atoms with Crippen molar-refractivity contribution in [2.24, 2.45) is 5.10 Å². The quantitative estimate of drug-likeness (QED) is 0.669. The van der Waals surface area contributed by atoms with Crippen LogP contribution in [0.3, 0.4) is 0 Å². The van der Waals surface area contributed by atoms with Gasteiger partial charge in [0.05, 0.1) is 5.71 Å². The van der Waals surface area contributed by atoms with Gasteiger partial charge in [-0.2, -0.15) is 5.10 Å². The smallest absolute Gasteiger partial charge is 0.271 e. The normalized spacial score (nSPS) is 11.2. The van der Waals surface area contributed by atoms with E-state index in [9.17, 15) is 9.90 Å². The largest absolute Gasteiger partial charge is 0.507 e. The first-order chi connectivity index (χ1) is 10.1. The van der Waals surface area contributed by atoms with Crippen LogP contribution in [0.4, 0.5) is 0 Å². The minimum absolute atomic E-state index is 0.152. The van der Waals surface area contributed by atoms with Gasteiger partial charge in [-0.3, -0.25) is 9.78 Å². The van der Waals surface area contributed by atoms with Crippen LogP contribution in [0.2, 0.25) is 0 Å². The number of aromatic nitrogens is 1. The molecule has 0 bridgehead atoms. The molecule has 21 heavy (non-hydrogen) atoms. The molecular formula is C16H17N3O2. The van der Waals surface area contributed by atoms with E-state index >= 15 is 0 Å². The van der Waals surface area contributed by atoms with E-state index in [-0.39, 0.29) is 11.7 Å². The molecule has 0 radical (unpaired) electrons. The Balaban J connectivity index is 2.21. The van der Waals surface area contributed by atoms with Crippen LogP contribution in [0, 0.1) is 6.92 Å². The van der Waals surface area contributed by atoms with Gasteiger partial charge in [-0.15, -0.1) is 0 Å². The van der Waals surface area contributed by atoms with Crippen molar-refractivity contribution >= 4 is 11.6 Å². The van der Waals surface area contributed by atoms with Gasteiger partial charge >= 0.3 is 0 Å². The number of carbonyl (C=O) groups excluding carboxylic acids is 1. The molecule has 1 heterocycles. The predicted octanol–water partition coefficient (Wildman–Crippen LogP) is 2.64. The fraction of sp³-hybridized carbons (Fsp3) is 0.188. The van der Waals surface area contributed by atoms with E-state index in [0.29, 0.717) is 23.3 Å². The van der Waals surface area contributed by atoms with Crippen molar-refractivity contribution in [1.29, 1.82) is 0 Å². The standard InChI is InChI=1S/C16H17N3O2/c1-3-14(13-10-11(2)4-5-15(13)20)18-19-16(21)12-6-8-17-9-7-12/h4-10,20H,3H2,1-2H3,(H,19,21)/b18-14+. The molecule has 0 atom stereocenters. The first kappa shape index (κ1) is 14.7. The summed E-state index contributed by atoms with van der Waals surface area (Å²) in [5.41, 5.74) is 5.26. The van der Waals surface area contributed by atoms with E-state index in [2.05, 4.69) is 15.5 Å². The van der Waals surface area contributed by atoms with Crippen LogP contribution < -0.4 is 5.43 Å². The number of amides is 1. The van der Waals surface area contributed by atoms with E-state index in [1.165, 1.54) is 0 Å². The summed E-state index contributed by atoms with van der Waals surface area (Å²) < 4.78 is 0. The van der Waals surface area contributed by atoms with E-state index in [1.807, 2.05) is 26.0 Å². The number of aryl methyl sites for hydroxylation is 1. The van der Waals surface area contributed by atoms with Gasteiger partial charge < -0.3 is 5.11 Å². The SMILES string of the molecule is CC/C(=N\NC(=O)c1ccncc1)c1cc(C)ccc1O. The Morgan fingerprint density at radius 3 is 2.67 bits per heavy atom. The number of nitrogens with one attached hydrogen (secondary N) is 1. The minimum Gasteiger partial charge on any atom is -0.507 e. The molecule has 108 valence electrons. The second kappa shape index (κ2) is 6.65. The molecule has 0 spiro atoms. The van der Waals surface area contributed by atoms with Gasteiger partial charge in [-0.1, -0.05) is 18.6 Å². The third-order valence-corrected chi connectivity index (χ3v) is 3.03. The van der Waals surface area contributed by atoms with Crippen molar-refractivity contribution in [3.63, 3.8) is 0 Å². The number of hydrogen-bond donors (Lipinski definition) is 2. The maximum Gasteiger partial charge on any atom is 0.271 e. The maximum absolute atomic E-state index is 11.9. The van der Waals surface area contributed by atoms with Crippen molar-refractivity contribution in [3.8, 4) is 5.75 Å². The molecule has 0 saturated heterocycles. The van der Waals surface area contributed by atoms with E-state index in [4.69, 9.17) is 0 Å². The highest BCUT2D eigenvalue weighted by atomic mass is 16.3. The number of hydrazone groups is 1. The Morgan fingerprint density at radius 2 is 2.00 bits per heavy atom. The van der Waals surface area contributed by atoms with Crippen molar-refractivity contribution < 1.29 is 9.90 Å². The summed E-state index contributed by atoms with van der Waals surface area (Å²) in [4.78, 5) is 15.8. The van der Waals surface area contributed by atoms with Crippen molar-refractivity contribution in [1.82, 2.24) is 10.4 Å². The molecule has 0 aliphatic rings. The number of benzene rings is 1. The zero-order valence-electron chi connectivity index (χ0n) is 12.0. The Bertz CT molecular complexity index is 666. The molecule has 2 N–H and O–H groups in total. The highest BCUT2D eigenvalue weighted by molar-refractivity contribution is 6.04. The number of pyridine rings is 1. The van der Waals surface area contributed by atoms with Crippen LogP contribution in [0.25, 0.3) is 0 Å². The molecule has 1 amide bonds. The van der Waals surface area contributed by atoms with Crippen LogP contribution in [0.5, 0.6) is 5.75 Å². The summed E-state index contributed by atoms with van der Waals surface area (Å²) in [5.74, 6) is -0.158. The summed E-state index contributed by atoms with van der Waals surface area (Å²) in [6.07, 6.45) is 3.69. The van der Waals surface area contributed by atoms with Gasteiger partial charge in [0.1, 0.15) is 5.75 Å². The first-order valence-corrected chi connectivity index (χ1v) is 6.68. The Morgan fingerprint density at radius 1 is 1.29 bits per heavy atom. The minimum atomic E-state index is -0.310. The summed E-state index contributed by atoms with van der Waals surface area (Å²) in [6.45, 7) is 3.85. The molecule has 0 saturated carbocycles. The lowest BCUT2D eigenvalue weighted by atomic mass is 10.0. The van der Waals surface area contributed by atoms with Gasteiger partial charge in [0.2, 0.25) is 0 Å². The number of rotatable bonds is 4. The van der Waals surface area contributed by atoms with E-state index in [0.717, 1.165) is 5.56 Å². The lowest BCUT2D eigenvalue weighted by Crippen LogP contribution is -2.20. The molecule has 2 aromatic rings. The zero-order valence-corrected chi connectivity index (χ0v) is 12.0. The van der Waals surface area contributed by atoms with Gasteiger partial charge in [0.15, 0.2) is 0 Å². The number of nitrogens with zero attached hydrogens (tertiary/aromatic N) is 2. The topological polar surface area (TPSA) is 74.6 Å². The van der Waals surface area contributed by atoms with Crippen LogP contribution >= 0.6 is 0 Å². The fourth-order valence-electron chi connectivity index (χ4n) is 1.90. The number of phenolic OH excluding ortho intramolecular Hbond substituents is 1. The molecule has 2 rings (SSSR count). The van der Waals surface area contributed by atoms with Crippen molar-refractivity contribution in [2.45, 2.75) is 20.3 Å². The monoisotopic (exact) mass is 283 g/mol. The molecule has 1 aromatic carbocycles. The van der Waals surface area contributed by atoms with Crippen LogP contribution in [0.1, 0.15) is 34.8 Å². The molecule has 1 aromatic heterocycles. The Labute approximate surface area is 123 Å². The highest BCUT2D eigenvalue weighted by Gasteiger charge is 2.09. The fourth-order valence-corrected chi connectivity index (χ4v) is 1.90. The molecule has 5 heteroatoms. The lowest BCUT2D eigenvalue weighted by Gasteiger charge is -2.08. The van der Waals surface area contributed by atoms with Crippen LogP contribution in [0.15, 0.2) is 47.8 Å². The molecular weight excluding hydrogens is 266 g/mol. The summed E-state index contributed by atoms with van der Waals surface area (Å²) in [7, 11) is 0. The Kier molecular flexibility index (Phi) is 4.66. The zero-order chi connectivity index (χ0) is 15.2. The molecule has 0 aliphatic carbocycles. The maximum atomic E-state index is 11.9. The molecule has 0 fully saturated rings. The van der Waals surface area contributed by atoms with Crippen molar-refractivity contribution in [3.05, 3.63) is 59.4 Å². The molecule has 0 unspecified atom stereocenters. The molecule has 0 aliphatic heterocycles. The Hall–Kier alpha value is -2.69. The van der Waals surface area contributed by atoms with Gasteiger partial charge in [0, 0.05) is 23.5 Å². The van der Waals surface area contributed by atoms with E-state index < -0.39 is 0 Å².